The zero-order chi connectivity index (χ0) is 15.5. The van der Waals surface area contributed by atoms with Crippen molar-refractivity contribution in [3.8, 4) is 0 Å². The molecule has 22 heavy (non-hydrogen) atoms. The van der Waals surface area contributed by atoms with Crippen molar-refractivity contribution in [2.45, 2.75) is 12.1 Å². The molecule has 2 N–H and O–H groups in total. The Kier molecular flexibility index (Phi) is 4.32. The van der Waals surface area contributed by atoms with Crippen LogP contribution in [0.25, 0.3) is 10.9 Å². The van der Waals surface area contributed by atoms with Gasteiger partial charge in [-0.15, -0.1) is 0 Å². The van der Waals surface area contributed by atoms with Gasteiger partial charge in [0.1, 0.15) is 7.85 Å². The Morgan fingerprint density at radius 3 is 2.59 bits per heavy atom. The van der Waals surface area contributed by atoms with Crippen LogP contribution in [0.2, 0.25) is 0 Å². The lowest BCUT2D eigenvalue weighted by molar-refractivity contribution is 0.132. The number of aliphatic hydroxyl groups excluding tert-OH is 1. The molecule has 0 saturated carbocycles. The molecule has 0 bridgehead atoms. The van der Waals surface area contributed by atoms with Gasteiger partial charge in [-0.25, -0.2) is 0 Å². The Morgan fingerprint density at radius 1 is 1.09 bits per heavy atom. The van der Waals surface area contributed by atoms with E-state index < -0.39 is 6.10 Å². The average molecular weight is 290 g/mol. The van der Waals surface area contributed by atoms with Gasteiger partial charge in [0.05, 0.1) is 12.1 Å². The number of nitrogens with one attached hydrogen (secondary N) is 1. The SMILES string of the molecule is [B]c1cccc2c1ccn2[C@@H](c1ccccc1)[C@H](O)CNC. The monoisotopic (exact) mass is 290 g/mol. The van der Waals surface area contributed by atoms with Gasteiger partial charge >= 0.3 is 0 Å². The molecule has 0 amide bonds. The lowest BCUT2D eigenvalue weighted by Gasteiger charge is -2.26. The minimum Gasteiger partial charge on any atom is -0.389 e. The predicted molar refractivity (Wildman–Crippen MR) is 91.8 cm³/mol. The van der Waals surface area contributed by atoms with Crippen LogP contribution < -0.4 is 10.8 Å². The van der Waals surface area contributed by atoms with Gasteiger partial charge in [-0.3, -0.25) is 0 Å². The van der Waals surface area contributed by atoms with Crippen molar-refractivity contribution in [1.29, 1.82) is 0 Å². The van der Waals surface area contributed by atoms with Crippen LogP contribution >= 0.6 is 0 Å². The highest BCUT2D eigenvalue weighted by atomic mass is 16.3. The van der Waals surface area contributed by atoms with Crippen LogP contribution in [-0.2, 0) is 0 Å². The topological polar surface area (TPSA) is 37.2 Å². The van der Waals surface area contributed by atoms with E-state index in [-0.39, 0.29) is 6.04 Å². The number of hydrogen-bond donors (Lipinski definition) is 2. The summed E-state index contributed by atoms with van der Waals surface area (Å²) in [6.45, 7) is 0.515. The van der Waals surface area contributed by atoms with Gasteiger partial charge in [0.15, 0.2) is 0 Å². The minimum atomic E-state index is -0.538. The molecule has 3 rings (SSSR count). The van der Waals surface area contributed by atoms with Crippen LogP contribution in [0.4, 0.5) is 0 Å². The second-order valence-corrected chi connectivity index (χ2v) is 5.48. The third-order valence-corrected chi connectivity index (χ3v) is 4.02. The van der Waals surface area contributed by atoms with E-state index in [0.717, 1.165) is 21.9 Å². The molecule has 0 unspecified atom stereocenters. The van der Waals surface area contributed by atoms with Crippen molar-refractivity contribution >= 4 is 24.2 Å². The molecule has 2 atom stereocenters. The zero-order valence-electron chi connectivity index (χ0n) is 12.6. The molecule has 110 valence electrons. The smallest absolute Gasteiger partial charge is 0.114 e. The van der Waals surface area contributed by atoms with E-state index in [1.165, 1.54) is 0 Å². The molecule has 2 aromatic carbocycles. The fourth-order valence-electron chi connectivity index (χ4n) is 2.99. The molecule has 4 heteroatoms. The van der Waals surface area contributed by atoms with Gasteiger partial charge < -0.3 is 15.0 Å². The molecular formula is C18H19BN2O. The molecule has 0 aliphatic heterocycles. The van der Waals surface area contributed by atoms with Crippen molar-refractivity contribution < 1.29 is 5.11 Å². The van der Waals surface area contributed by atoms with Crippen LogP contribution in [0.5, 0.6) is 0 Å². The maximum Gasteiger partial charge on any atom is 0.114 e. The molecule has 0 saturated heterocycles. The summed E-state index contributed by atoms with van der Waals surface area (Å²) in [4.78, 5) is 0. The van der Waals surface area contributed by atoms with Gasteiger partial charge in [-0.1, -0.05) is 47.9 Å². The van der Waals surface area contributed by atoms with Gasteiger partial charge in [0.25, 0.3) is 0 Å². The van der Waals surface area contributed by atoms with E-state index >= 15 is 0 Å². The molecule has 1 heterocycles. The van der Waals surface area contributed by atoms with Gasteiger partial charge in [-0.2, -0.15) is 0 Å². The van der Waals surface area contributed by atoms with E-state index in [9.17, 15) is 5.11 Å². The summed E-state index contributed by atoms with van der Waals surface area (Å²) in [5.74, 6) is 0. The number of hydrogen-bond acceptors (Lipinski definition) is 2. The van der Waals surface area contributed by atoms with Crippen molar-refractivity contribution in [3.63, 3.8) is 0 Å². The Labute approximate surface area is 132 Å². The molecule has 3 nitrogen and oxygen atoms in total. The van der Waals surface area contributed by atoms with E-state index in [4.69, 9.17) is 7.85 Å². The summed E-state index contributed by atoms with van der Waals surface area (Å²) in [6, 6.07) is 17.8. The summed E-state index contributed by atoms with van der Waals surface area (Å²) >= 11 is 0. The van der Waals surface area contributed by atoms with Gasteiger partial charge in [0, 0.05) is 18.3 Å². The number of nitrogens with zero attached hydrogens (tertiary/aromatic N) is 1. The lowest BCUT2D eigenvalue weighted by Crippen LogP contribution is -2.33. The number of aromatic nitrogens is 1. The Balaban J connectivity index is 2.14. The third-order valence-electron chi connectivity index (χ3n) is 4.02. The lowest BCUT2D eigenvalue weighted by atomic mass is 9.92. The maximum atomic E-state index is 10.6. The molecule has 3 aromatic rings. The van der Waals surface area contributed by atoms with Crippen LogP contribution in [-0.4, -0.2) is 37.2 Å². The zero-order valence-corrected chi connectivity index (χ0v) is 12.6. The Morgan fingerprint density at radius 2 is 1.86 bits per heavy atom. The van der Waals surface area contributed by atoms with E-state index in [1.807, 2.05) is 67.8 Å². The predicted octanol–water partition coefficient (Wildman–Crippen LogP) is 1.60. The number of rotatable bonds is 5. The number of aliphatic hydroxyl groups is 1. The largest absolute Gasteiger partial charge is 0.389 e. The van der Waals surface area contributed by atoms with Crippen LogP contribution in [0.15, 0.2) is 60.8 Å². The molecule has 2 radical (unpaired) electrons. The van der Waals surface area contributed by atoms with Crippen molar-refractivity contribution in [3.05, 3.63) is 66.4 Å². The van der Waals surface area contributed by atoms with Crippen LogP contribution in [0, 0.1) is 0 Å². The van der Waals surface area contributed by atoms with E-state index in [1.54, 1.807) is 0 Å². The quantitative estimate of drug-likeness (QED) is 0.700. The van der Waals surface area contributed by atoms with Gasteiger partial charge in [-0.05, 0) is 30.1 Å². The first kappa shape index (κ1) is 14.9. The van der Waals surface area contributed by atoms with E-state index in [2.05, 4.69) is 9.88 Å². The number of likely N-dealkylation sites (N-methyl/N-ethyl adjacent to an activating group) is 1. The summed E-state index contributed by atoms with van der Waals surface area (Å²) in [5.41, 5.74) is 2.86. The molecule has 0 aliphatic rings. The number of benzene rings is 2. The summed E-state index contributed by atoms with van der Waals surface area (Å²) in [6.07, 6.45) is 1.46. The molecule has 0 spiro atoms. The summed E-state index contributed by atoms with van der Waals surface area (Å²) in [7, 11) is 7.90. The second kappa shape index (κ2) is 6.38. The second-order valence-electron chi connectivity index (χ2n) is 5.48. The summed E-state index contributed by atoms with van der Waals surface area (Å²) in [5, 5.41) is 14.7. The fourth-order valence-corrected chi connectivity index (χ4v) is 2.99. The first-order valence-corrected chi connectivity index (χ1v) is 7.45. The number of fused-ring (bicyclic) bond motifs is 1. The maximum absolute atomic E-state index is 10.6. The molecule has 0 fully saturated rings. The van der Waals surface area contributed by atoms with Gasteiger partial charge in [0.2, 0.25) is 0 Å². The highest BCUT2D eigenvalue weighted by Crippen LogP contribution is 2.27. The van der Waals surface area contributed by atoms with E-state index in [0.29, 0.717) is 6.54 Å². The molecule has 1 aromatic heterocycles. The van der Waals surface area contributed by atoms with Crippen molar-refractivity contribution in [2.24, 2.45) is 0 Å². The first-order valence-electron chi connectivity index (χ1n) is 7.45. The molecular weight excluding hydrogens is 271 g/mol. The van der Waals surface area contributed by atoms with Crippen molar-refractivity contribution in [1.82, 2.24) is 9.88 Å². The minimum absolute atomic E-state index is 0.159. The average Bonchev–Trinajstić information content (AvgIpc) is 2.94. The Bertz CT molecular complexity index is 754. The highest BCUT2D eigenvalue weighted by Gasteiger charge is 2.23. The third kappa shape index (κ3) is 2.67. The summed E-state index contributed by atoms with van der Waals surface area (Å²) < 4.78 is 2.10. The standard InChI is InChI=1S/C18H19BN2O/c1-20-12-17(22)18(13-6-3-2-4-7-13)21-11-10-14-15(19)8-5-9-16(14)21/h2-11,17-18,20,22H,12H2,1H3/t17-,18+/m1/s1. The normalized spacial score (nSPS) is 14.1. The fraction of sp³-hybridized carbons (Fsp3) is 0.222. The Hall–Kier alpha value is -2.04. The van der Waals surface area contributed by atoms with Crippen molar-refractivity contribution in [2.75, 3.05) is 13.6 Å². The van der Waals surface area contributed by atoms with Crippen LogP contribution in [0.1, 0.15) is 11.6 Å². The highest BCUT2D eigenvalue weighted by molar-refractivity contribution is 6.38. The first-order chi connectivity index (χ1) is 10.7. The van der Waals surface area contributed by atoms with Crippen LogP contribution in [0.3, 0.4) is 0 Å². The molecule has 0 aliphatic carbocycles.